The van der Waals surface area contributed by atoms with E-state index in [0.717, 1.165) is 18.6 Å². The van der Waals surface area contributed by atoms with Crippen molar-refractivity contribution in [3.63, 3.8) is 0 Å². The standard InChI is InChI=1S/C20H18ClF3N6O3S/c1-29(2)12-27-34(32,33)17-8-15(28-18(31)7-13-5-3-4-6-16(13)21)10-25-19(17)30-11-14(9-26-30)20(22,23)24/h3-6,8-12H,7H2,1-2H3,(H,28,31)/b27-12+. The van der Waals surface area contributed by atoms with E-state index in [1.807, 2.05) is 0 Å². The Morgan fingerprint density at radius 1 is 1.26 bits per heavy atom. The number of nitrogens with one attached hydrogen (secondary N) is 1. The van der Waals surface area contributed by atoms with Gasteiger partial charge in [0, 0.05) is 25.3 Å². The maximum absolute atomic E-state index is 13.0. The van der Waals surface area contributed by atoms with Crippen molar-refractivity contribution in [2.24, 2.45) is 4.40 Å². The summed E-state index contributed by atoms with van der Waals surface area (Å²) in [7, 11) is -1.36. The molecule has 0 atom stereocenters. The number of carbonyl (C=O) groups excluding carboxylic acids is 1. The predicted octanol–water partition coefficient (Wildman–Crippen LogP) is 3.40. The smallest absolute Gasteiger partial charge is 0.368 e. The summed E-state index contributed by atoms with van der Waals surface area (Å²) in [6.07, 6.45) is -1.54. The molecule has 0 saturated carbocycles. The number of rotatable bonds is 7. The first-order chi connectivity index (χ1) is 15.9. The van der Waals surface area contributed by atoms with Crippen molar-refractivity contribution >= 4 is 39.6 Å². The monoisotopic (exact) mass is 514 g/mol. The number of carbonyl (C=O) groups is 1. The SMILES string of the molecule is CN(C)/C=N/S(=O)(=O)c1cc(NC(=O)Cc2ccccc2Cl)cnc1-n1cc(C(F)(F)F)cn1. The number of alkyl halides is 3. The molecule has 0 aliphatic carbocycles. The highest BCUT2D eigenvalue weighted by Crippen LogP contribution is 2.30. The highest BCUT2D eigenvalue weighted by Gasteiger charge is 2.33. The molecular formula is C20H18ClF3N6O3S. The fourth-order valence-electron chi connectivity index (χ4n) is 2.69. The molecule has 1 amide bonds. The zero-order valence-corrected chi connectivity index (χ0v) is 19.4. The Bertz CT molecular complexity index is 1340. The second-order valence-corrected chi connectivity index (χ2v) is 9.20. The summed E-state index contributed by atoms with van der Waals surface area (Å²) in [6, 6.07) is 7.73. The molecule has 1 N–H and O–H groups in total. The minimum atomic E-state index is -4.69. The molecule has 0 unspecified atom stereocenters. The fourth-order valence-corrected chi connectivity index (χ4v) is 3.97. The van der Waals surface area contributed by atoms with E-state index in [-0.39, 0.29) is 12.1 Å². The van der Waals surface area contributed by atoms with Crippen molar-refractivity contribution in [1.29, 1.82) is 0 Å². The number of halogens is 4. The number of hydrogen-bond donors (Lipinski definition) is 1. The van der Waals surface area contributed by atoms with Crippen molar-refractivity contribution in [3.8, 4) is 5.82 Å². The van der Waals surface area contributed by atoms with Crippen LogP contribution in [0.25, 0.3) is 5.82 Å². The average molecular weight is 515 g/mol. The maximum atomic E-state index is 13.0. The second-order valence-electron chi connectivity index (χ2n) is 7.19. The third kappa shape index (κ3) is 6.11. The van der Waals surface area contributed by atoms with Crippen molar-refractivity contribution in [2.45, 2.75) is 17.5 Å². The van der Waals surface area contributed by atoms with Gasteiger partial charge in [-0.2, -0.15) is 26.7 Å². The Kier molecular flexibility index (Phi) is 7.26. The van der Waals surface area contributed by atoms with E-state index in [4.69, 9.17) is 11.6 Å². The number of sulfonamides is 1. The number of benzene rings is 1. The van der Waals surface area contributed by atoms with Gasteiger partial charge in [0.05, 0.1) is 30.1 Å². The topological polar surface area (TPSA) is 110 Å². The zero-order chi connectivity index (χ0) is 25.1. The van der Waals surface area contributed by atoms with Gasteiger partial charge >= 0.3 is 6.18 Å². The van der Waals surface area contributed by atoms with Crippen LogP contribution in [0.1, 0.15) is 11.1 Å². The molecule has 14 heteroatoms. The Labute approximate surface area is 197 Å². The van der Waals surface area contributed by atoms with E-state index in [0.29, 0.717) is 27.7 Å². The predicted molar refractivity (Wildman–Crippen MR) is 120 cm³/mol. The molecule has 0 aliphatic rings. The van der Waals surface area contributed by atoms with E-state index in [9.17, 15) is 26.4 Å². The van der Waals surface area contributed by atoms with Crippen LogP contribution >= 0.6 is 11.6 Å². The van der Waals surface area contributed by atoms with Crippen LogP contribution in [0.15, 0.2) is 58.2 Å². The molecule has 1 aromatic carbocycles. The van der Waals surface area contributed by atoms with E-state index < -0.39 is 38.4 Å². The summed E-state index contributed by atoms with van der Waals surface area (Å²) in [6.45, 7) is 0. The highest BCUT2D eigenvalue weighted by molar-refractivity contribution is 7.90. The normalized spacial score (nSPS) is 12.2. The van der Waals surface area contributed by atoms with E-state index in [2.05, 4.69) is 19.8 Å². The third-order valence-electron chi connectivity index (χ3n) is 4.25. The molecule has 2 aromatic heterocycles. The van der Waals surface area contributed by atoms with Crippen LogP contribution in [-0.4, -0.2) is 54.4 Å². The van der Waals surface area contributed by atoms with Crippen LogP contribution in [0.2, 0.25) is 5.02 Å². The summed E-state index contributed by atoms with van der Waals surface area (Å²) in [5.74, 6) is -0.934. The van der Waals surface area contributed by atoms with Gasteiger partial charge in [0.1, 0.15) is 11.2 Å². The Hall–Kier alpha value is -3.45. The number of pyridine rings is 1. The number of aromatic nitrogens is 3. The van der Waals surface area contributed by atoms with Gasteiger partial charge in [0.2, 0.25) is 5.91 Å². The lowest BCUT2D eigenvalue weighted by Gasteiger charge is -2.11. The first-order valence-electron chi connectivity index (χ1n) is 9.49. The molecule has 9 nitrogen and oxygen atoms in total. The van der Waals surface area contributed by atoms with E-state index in [1.54, 1.807) is 24.3 Å². The Balaban J connectivity index is 2.00. The van der Waals surface area contributed by atoms with Gasteiger partial charge < -0.3 is 10.2 Å². The summed E-state index contributed by atoms with van der Waals surface area (Å²) in [4.78, 5) is 17.2. The lowest BCUT2D eigenvalue weighted by atomic mass is 10.1. The maximum Gasteiger partial charge on any atom is 0.419 e. The number of hydrogen-bond acceptors (Lipinski definition) is 5. The van der Waals surface area contributed by atoms with Crippen molar-refractivity contribution in [2.75, 3.05) is 19.4 Å². The van der Waals surface area contributed by atoms with Crippen molar-refractivity contribution in [3.05, 3.63) is 65.1 Å². The molecule has 3 aromatic rings. The molecule has 2 heterocycles. The van der Waals surface area contributed by atoms with Crippen LogP contribution < -0.4 is 5.32 Å². The molecular weight excluding hydrogens is 497 g/mol. The van der Waals surface area contributed by atoms with Crippen molar-refractivity contribution < 1.29 is 26.4 Å². The average Bonchev–Trinajstić information content (AvgIpc) is 3.25. The highest BCUT2D eigenvalue weighted by atomic mass is 35.5. The number of nitrogens with zero attached hydrogens (tertiary/aromatic N) is 5. The fraction of sp³-hybridized carbons (Fsp3) is 0.200. The number of anilines is 1. The van der Waals surface area contributed by atoms with Crippen LogP contribution in [0, 0.1) is 0 Å². The first kappa shape index (κ1) is 25.2. The Morgan fingerprint density at radius 2 is 1.97 bits per heavy atom. The van der Waals surface area contributed by atoms with Crippen LogP contribution in [0.3, 0.4) is 0 Å². The Morgan fingerprint density at radius 3 is 2.59 bits per heavy atom. The lowest BCUT2D eigenvalue weighted by Crippen LogP contribution is -2.17. The van der Waals surface area contributed by atoms with Gasteiger partial charge in [-0.15, -0.1) is 4.40 Å². The largest absolute Gasteiger partial charge is 0.419 e. The van der Waals surface area contributed by atoms with Crippen LogP contribution in [-0.2, 0) is 27.4 Å². The van der Waals surface area contributed by atoms with Gasteiger partial charge in [-0.05, 0) is 17.7 Å². The van der Waals surface area contributed by atoms with Crippen molar-refractivity contribution in [1.82, 2.24) is 19.7 Å². The molecule has 0 saturated heterocycles. The van der Waals surface area contributed by atoms with Gasteiger partial charge in [-0.25, -0.2) is 9.67 Å². The summed E-state index contributed by atoms with van der Waals surface area (Å²) >= 11 is 6.06. The zero-order valence-electron chi connectivity index (χ0n) is 17.8. The minimum Gasteiger partial charge on any atom is -0.368 e. The molecule has 34 heavy (non-hydrogen) atoms. The molecule has 180 valence electrons. The summed E-state index contributed by atoms with van der Waals surface area (Å²) in [5, 5.41) is 6.47. The van der Waals surface area contributed by atoms with Crippen LogP contribution in [0.4, 0.5) is 18.9 Å². The molecule has 0 bridgehead atoms. The third-order valence-corrected chi connectivity index (χ3v) is 5.84. The molecule has 3 rings (SSSR count). The van der Waals surface area contributed by atoms with E-state index in [1.165, 1.54) is 19.0 Å². The van der Waals surface area contributed by atoms with Gasteiger partial charge in [0.15, 0.2) is 5.82 Å². The number of amides is 1. The van der Waals surface area contributed by atoms with Gasteiger partial charge in [-0.3, -0.25) is 4.79 Å². The first-order valence-corrected chi connectivity index (χ1v) is 11.3. The van der Waals surface area contributed by atoms with Crippen LogP contribution in [0.5, 0.6) is 0 Å². The summed E-state index contributed by atoms with van der Waals surface area (Å²) in [5.41, 5.74) is -0.555. The summed E-state index contributed by atoms with van der Waals surface area (Å²) < 4.78 is 68.9. The second kappa shape index (κ2) is 9.81. The molecule has 0 fully saturated rings. The van der Waals surface area contributed by atoms with Gasteiger partial charge in [0.25, 0.3) is 10.0 Å². The molecule has 0 radical (unpaired) electrons. The van der Waals surface area contributed by atoms with E-state index >= 15 is 0 Å². The lowest BCUT2D eigenvalue weighted by molar-refractivity contribution is -0.137. The minimum absolute atomic E-state index is 0.0115. The molecule has 0 aliphatic heterocycles. The van der Waals surface area contributed by atoms with Gasteiger partial charge in [-0.1, -0.05) is 29.8 Å². The quantitative estimate of drug-likeness (QED) is 0.382. The molecule has 0 spiro atoms.